The number of piperidine rings is 1. The summed E-state index contributed by atoms with van der Waals surface area (Å²) in [6.45, 7) is 7.76. The second-order valence-corrected chi connectivity index (χ2v) is 5.49. The van der Waals surface area contributed by atoms with E-state index >= 15 is 0 Å². The molecule has 1 saturated heterocycles. The predicted octanol–water partition coefficient (Wildman–Crippen LogP) is 1.12. The van der Waals surface area contributed by atoms with Crippen LogP contribution >= 0.6 is 0 Å². The van der Waals surface area contributed by atoms with Crippen molar-refractivity contribution in [2.45, 2.75) is 38.8 Å². The Hall–Kier alpha value is -0.770. The molecule has 2 rings (SSSR count). The maximum Gasteiger partial charge on any atom is 0.407 e. The van der Waals surface area contributed by atoms with E-state index in [-0.39, 0.29) is 6.09 Å². The Morgan fingerprint density at radius 3 is 2.67 bits per heavy atom. The Morgan fingerprint density at radius 2 is 2.13 bits per heavy atom. The molecule has 0 aromatic heterocycles. The summed E-state index contributed by atoms with van der Waals surface area (Å²) in [7, 11) is 0. The smallest absolute Gasteiger partial charge is 0.407 e. The minimum atomic E-state index is -0.400. The molecule has 0 unspecified atom stereocenters. The lowest BCUT2D eigenvalue weighted by Crippen LogP contribution is -2.35. The lowest BCUT2D eigenvalue weighted by atomic mass is 10.2. The van der Waals surface area contributed by atoms with Crippen molar-refractivity contribution in [3.8, 4) is 0 Å². The minimum Gasteiger partial charge on any atom is -0.444 e. The molecule has 2 aliphatic rings. The Morgan fingerprint density at radius 1 is 1.40 bits per heavy atom. The van der Waals surface area contributed by atoms with Crippen LogP contribution in [-0.2, 0) is 4.74 Å². The molecule has 0 aromatic rings. The van der Waals surface area contributed by atoms with E-state index < -0.39 is 5.60 Å². The first kappa shape index (κ1) is 10.7. The predicted molar refractivity (Wildman–Crippen MR) is 57.6 cm³/mol. The summed E-state index contributed by atoms with van der Waals surface area (Å²) in [5, 5.41) is 6.29. The summed E-state index contributed by atoms with van der Waals surface area (Å²) in [4.78, 5) is 11.5. The van der Waals surface area contributed by atoms with Gasteiger partial charge in [-0.1, -0.05) is 0 Å². The average Bonchev–Trinajstić information content (AvgIpc) is 2.76. The van der Waals surface area contributed by atoms with Gasteiger partial charge >= 0.3 is 6.09 Å². The van der Waals surface area contributed by atoms with Gasteiger partial charge in [0.2, 0.25) is 0 Å². The molecule has 1 amide bonds. The normalized spacial score (nSPS) is 34.2. The summed E-state index contributed by atoms with van der Waals surface area (Å²) in [6.07, 6.45) is 0.896. The van der Waals surface area contributed by atoms with E-state index in [0.717, 1.165) is 13.1 Å². The number of rotatable bonds is 1. The van der Waals surface area contributed by atoms with Gasteiger partial charge in [-0.15, -0.1) is 0 Å². The molecule has 1 heterocycles. The largest absolute Gasteiger partial charge is 0.444 e. The average molecular weight is 212 g/mol. The van der Waals surface area contributed by atoms with Crippen LogP contribution in [0.2, 0.25) is 0 Å². The van der Waals surface area contributed by atoms with Crippen molar-refractivity contribution < 1.29 is 9.53 Å². The number of alkyl carbamates (subject to hydrolysis) is 1. The number of nitrogens with one attached hydrogen (secondary N) is 2. The van der Waals surface area contributed by atoms with Crippen molar-refractivity contribution in [3.63, 3.8) is 0 Å². The third-order valence-electron chi connectivity index (χ3n) is 3.05. The first-order valence-corrected chi connectivity index (χ1v) is 5.67. The monoisotopic (exact) mass is 212 g/mol. The van der Waals surface area contributed by atoms with E-state index in [1.165, 1.54) is 6.42 Å². The number of carbonyl (C=O) groups excluding carboxylic acids is 1. The lowest BCUT2D eigenvalue weighted by Gasteiger charge is -2.19. The molecular formula is C11H20N2O2. The van der Waals surface area contributed by atoms with Crippen molar-refractivity contribution in [3.05, 3.63) is 0 Å². The quantitative estimate of drug-likeness (QED) is 0.685. The SMILES string of the molecule is CC(C)(C)OC(=O)N[C@H]1[C@@H]2CCNC[C@@H]21. The molecule has 3 atom stereocenters. The van der Waals surface area contributed by atoms with E-state index in [1.807, 2.05) is 20.8 Å². The van der Waals surface area contributed by atoms with Gasteiger partial charge in [-0.2, -0.15) is 0 Å². The van der Waals surface area contributed by atoms with Gasteiger partial charge in [-0.3, -0.25) is 0 Å². The van der Waals surface area contributed by atoms with Crippen molar-refractivity contribution in [2.75, 3.05) is 13.1 Å². The minimum absolute atomic E-state index is 0.276. The number of ether oxygens (including phenoxy) is 1. The highest BCUT2D eigenvalue weighted by Gasteiger charge is 2.51. The molecule has 2 N–H and O–H groups in total. The van der Waals surface area contributed by atoms with Crippen LogP contribution in [0.3, 0.4) is 0 Å². The summed E-state index contributed by atoms with van der Waals surface area (Å²) in [5.41, 5.74) is -0.400. The standard InChI is InChI=1S/C11H20N2O2/c1-11(2,3)15-10(14)13-9-7-4-5-12-6-8(7)9/h7-9,12H,4-6H2,1-3H3,(H,13,14)/t7-,8+,9+/m1/s1. The zero-order valence-corrected chi connectivity index (χ0v) is 9.67. The number of fused-ring (bicyclic) bond motifs is 1. The van der Waals surface area contributed by atoms with Gasteiger partial charge in [-0.05, 0) is 45.6 Å². The van der Waals surface area contributed by atoms with Gasteiger partial charge in [0.25, 0.3) is 0 Å². The molecular weight excluding hydrogens is 192 g/mol. The molecule has 1 aliphatic heterocycles. The molecule has 86 valence electrons. The third kappa shape index (κ3) is 2.62. The van der Waals surface area contributed by atoms with Crippen LogP contribution in [-0.4, -0.2) is 30.8 Å². The van der Waals surface area contributed by atoms with E-state index in [9.17, 15) is 4.79 Å². The van der Waals surface area contributed by atoms with Gasteiger partial charge in [0.1, 0.15) is 5.60 Å². The van der Waals surface area contributed by atoms with Crippen molar-refractivity contribution in [1.82, 2.24) is 10.6 Å². The fraction of sp³-hybridized carbons (Fsp3) is 0.909. The zero-order valence-electron chi connectivity index (χ0n) is 9.67. The first-order chi connectivity index (χ1) is 6.97. The van der Waals surface area contributed by atoms with Gasteiger partial charge in [0, 0.05) is 12.6 Å². The fourth-order valence-electron chi connectivity index (χ4n) is 2.31. The van der Waals surface area contributed by atoms with Crippen LogP contribution < -0.4 is 10.6 Å². The van der Waals surface area contributed by atoms with E-state index in [4.69, 9.17) is 4.74 Å². The van der Waals surface area contributed by atoms with Crippen LogP contribution in [0.25, 0.3) is 0 Å². The number of carbonyl (C=O) groups is 1. The van der Waals surface area contributed by atoms with E-state index in [2.05, 4.69) is 10.6 Å². The Kier molecular flexibility index (Phi) is 2.63. The molecule has 1 saturated carbocycles. The first-order valence-electron chi connectivity index (χ1n) is 5.67. The van der Waals surface area contributed by atoms with Crippen LogP contribution in [0.1, 0.15) is 27.2 Å². The highest BCUT2D eigenvalue weighted by atomic mass is 16.6. The zero-order chi connectivity index (χ0) is 11.1. The van der Waals surface area contributed by atoms with Crippen LogP contribution in [0.5, 0.6) is 0 Å². The Balaban J connectivity index is 1.76. The van der Waals surface area contributed by atoms with E-state index in [1.54, 1.807) is 0 Å². The molecule has 2 fully saturated rings. The van der Waals surface area contributed by atoms with Crippen LogP contribution in [0, 0.1) is 11.8 Å². The molecule has 15 heavy (non-hydrogen) atoms. The molecule has 0 spiro atoms. The lowest BCUT2D eigenvalue weighted by molar-refractivity contribution is 0.0519. The van der Waals surface area contributed by atoms with E-state index in [0.29, 0.717) is 17.9 Å². The summed E-state index contributed by atoms with van der Waals surface area (Å²) in [6, 6.07) is 0.342. The Labute approximate surface area is 90.8 Å². The van der Waals surface area contributed by atoms with Gasteiger partial charge < -0.3 is 15.4 Å². The number of amides is 1. The maximum atomic E-state index is 11.5. The van der Waals surface area contributed by atoms with Crippen LogP contribution in [0.4, 0.5) is 4.79 Å². The Bertz CT molecular complexity index is 248. The molecule has 4 nitrogen and oxygen atoms in total. The molecule has 4 heteroatoms. The highest BCUT2D eigenvalue weighted by molar-refractivity contribution is 5.68. The number of hydrogen-bond acceptors (Lipinski definition) is 3. The second-order valence-electron chi connectivity index (χ2n) is 5.49. The molecule has 0 aromatic carbocycles. The summed E-state index contributed by atoms with van der Waals surface area (Å²) < 4.78 is 5.22. The third-order valence-corrected chi connectivity index (χ3v) is 3.05. The van der Waals surface area contributed by atoms with Gasteiger partial charge in [-0.25, -0.2) is 4.79 Å². The topological polar surface area (TPSA) is 50.4 Å². The van der Waals surface area contributed by atoms with Crippen LogP contribution in [0.15, 0.2) is 0 Å². The second kappa shape index (κ2) is 3.67. The molecule has 0 bridgehead atoms. The van der Waals surface area contributed by atoms with Gasteiger partial charge in [0.15, 0.2) is 0 Å². The summed E-state index contributed by atoms with van der Waals surface area (Å²) in [5.74, 6) is 1.31. The molecule has 1 aliphatic carbocycles. The highest BCUT2D eigenvalue weighted by Crippen LogP contribution is 2.43. The summed E-state index contributed by atoms with van der Waals surface area (Å²) >= 11 is 0. The fourth-order valence-corrected chi connectivity index (χ4v) is 2.31. The number of hydrogen-bond donors (Lipinski definition) is 2. The molecule has 0 radical (unpaired) electrons. The van der Waals surface area contributed by atoms with Gasteiger partial charge in [0.05, 0.1) is 0 Å². The van der Waals surface area contributed by atoms with Crippen molar-refractivity contribution in [2.24, 2.45) is 11.8 Å². The maximum absolute atomic E-state index is 11.5. The van der Waals surface area contributed by atoms with Crippen molar-refractivity contribution in [1.29, 1.82) is 0 Å². The van der Waals surface area contributed by atoms with Crippen molar-refractivity contribution >= 4 is 6.09 Å².